The highest BCUT2D eigenvalue weighted by molar-refractivity contribution is 5.65. The largest absolute Gasteiger partial charge is 0.379 e. The maximum absolute atomic E-state index is 5.49. The van der Waals surface area contributed by atoms with E-state index in [4.69, 9.17) is 4.74 Å². The molecular formula is C21H27NO. The monoisotopic (exact) mass is 309 g/mol. The van der Waals surface area contributed by atoms with E-state index in [0.717, 1.165) is 32.8 Å². The molecule has 1 aliphatic rings. The van der Waals surface area contributed by atoms with E-state index >= 15 is 0 Å². The second-order valence-corrected chi connectivity index (χ2v) is 6.48. The molecule has 0 aliphatic carbocycles. The van der Waals surface area contributed by atoms with Gasteiger partial charge in [0.1, 0.15) is 0 Å². The number of morpholine rings is 1. The van der Waals surface area contributed by atoms with Gasteiger partial charge in [-0.15, -0.1) is 0 Å². The van der Waals surface area contributed by atoms with Gasteiger partial charge in [-0.25, -0.2) is 0 Å². The van der Waals surface area contributed by atoms with Crippen LogP contribution in [-0.4, -0.2) is 31.2 Å². The molecule has 0 saturated carbocycles. The first kappa shape index (κ1) is 16.2. The van der Waals surface area contributed by atoms with Crippen LogP contribution in [0.1, 0.15) is 37.3 Å². The van der Waals surface area contributed by atoms with Crippen molar-refractivity contribution in [3.63, 3.8) is 0 Å². The van der Waals surface area contributed by atoms with Gasteiger partial charge in [0.25, 0.3) is 0 Å². The highest BCUT2D eigenvalue weighted by Gasteiger charge is 2.16. The third-order valence-corrected chi connectivity index (χ3v) is 4.89. The molecule has 2 aromatic carbocycles. The quantitative estimate of drug-likeness (QED) is 0.794. The summed E-state index contributed by atoms with van der Waals surface area (Å²) in [5.41, 5.74) is 5.59. The topological polar surface area (TPSA) is 12.5 Å². The molecule has 0 radical (unpaired) electrons. The van der Waals surface area contributed by atoms with Crippen LogP contribution in [-0.2, 0) is 11.3 Å². The summed E-state index contributed by atoms with van der Waals surface area (Å²) in [6.45, 7) is 9.43. The predicted octanol–water partition coefficient (Wildman–Crippen LogP) is 4.70. The normalized spacial score (nSPS) is 17.1. The first-order valence-electron chi connectivity index (χ1n) is 8.76. The van der Waals surface area contributed by atoms with E-state index < -0.39 is 0 Å². The van der Waals surface area contributed by atoms with Crippen molar-refractivity contribution in [3.05, 3.63) is 59.7 Å². The second kappa shape index (κ2) is 7.76. The van der Waals surface area contributed by atoms with Crippen molar-refractivity contribution in [2.75, 3.05) is 26.3 Å². The summed E-state index contributed by atoms with van der Waals surface area (Å²) in [6, 6.07) is 17.7. The highest BCUT2D eigenvalue weighted by atomic mass is 16.5. The van der Waals surface area contributed by atoms with E-state index in [1.807, 2.05) is 0 Å². The van der Waals surface area contributed by atoms with Gasteiger partial charge in [-0.3, -0.25) is 4.90 Å². The summed E-state index contributed by atoms with van der Waals surface area (Å²) in [4.78, 5) is 2.51. The number of ether oxygens (including phenoxy) is 1. The van der Waals surface area contributed by atoms with Gasteiger partial charge in [0.05, 0.1) is 13.2 Å². The Kier molecular flexibility index (Phi) is 5.47. The zero-order valence-corrected chi connectivity index (χ0v) is 14.3. The van der Waals surface area contributed by atoms with Crippen molar-refractivity contribution >= 4 is 0 Å². The zero-order valence-electron chi connectivity index (χ0n) is 14.3. The van der Waals surface area contributed by atoms with Crippen LogP contribution in [0.15, 0.2) is 48.5 Å². The molecule has 1 fully saturated rings. The van der Waals surface area contributed by atoms with Crippen molar-refractivity contribution in [2.45, 2.75) is 32.7 Å². The summed E-state index contributed by atoms with van der Waals surface area (Å²) in [5.74, 6) is 0.607. The van der Waals surface area contributed by atoms with Gasteiger partial charge in [-0.2, -0.15) is 0 Å². The average molecular weight is 309 g/mol. The minimum Gasteiger partial charge on any atom is -0.379 e. The van der Waals surface area contributed by atoms with Gasteiger partial charge in [-0.1, -0.05) is 56.3 Å². The van der Waals surface area contributed by atoms with Crippen LogP contribution in [0.3, 0.4) is 0 Å². The lowest BCUT2D eigenvalue weighted by Gasteiger charge is -2.28. The first-order chi connectivity index (χ1) is 11.3. The van der Waals surface area contributed by atoms with Gasteiger partial charge in [0.2, 0.25) is 0 Å². The molecule has 0 aromatic heterocycles. The third-order valence-electron chi connectivity index (χ3n) is 4.89. The summed E-state index contributed by atoms with van der Waals surface area (Å²) in [5, 5.41) is 0. The van der Waals surface area contributed by atoms with Crippen molar-refractivity contribution < 1.29 is 4.74 Å². The molecule has 1 aliphatic heterocycles. The van der Waals surface area contributed by atoms with Gasteiger partial charge >= 0.3 is 0 Å². The molecule has 1 atom stereocenters. The molecule has 23 heavy (non-hydrogen) atoms. The molecule has 0 spiro atoms. The first-order valence-corrected chi connectivity index (χ1v) is 8.76. The molecule has 0 amide bonds. The lowest BCUT2D eigenvalue weighted by atomic mass is 9.90. The van der Waals surface area contributed by atoms with Crippen molar-refractivity contribution in [1.29, 1.82) is 0 Å². The van der Waals surface area contributed by atoms with Crippen LogP contribution in [0.4, 0.5) is 0 Å². The van der Waals surface area contributed by atoms with Crippen LogP contribution < -0.4 is 0 Å². The average Bonchev–Trinajstić information content (AvgIpc) is 2.62. The Morgan fingerprint density at radius 1 is 1.00 bits per heavy atom. The SMILES string of the molecule is CCC(C)c1ccc(-c2ccccc2)cc1CN1CCOCC1. The fraction of sp³-hybridized carbons (Fsp3) is 0.429. The van der Waals surface area contributed by atoms with Gasteiger partial charge in [0, 0.05) is 19.6 Å². The van der Waals surface area contributed by atoms with Crippen LogP contribution in [0.2, 0.25) is 0 Å². The van der Waals surface area contributed by atoms with Gasteiger partial charge in [-0.05, 0) is 40.7 Å². The predicted molar refractivity (Wildman–Crippen MR) is 96.7 cm³/mol. The zero-order chi connectivity index (χ0) is 16.1. The van der Waals surface area contributed by atoms with Crippen molar-refractivity contribution in [2.24, 2.45) is 0 Å². The summed E-state index contributed by atoms with van der Waals surface area (Å²) in [7, 11) is 0. The highest BCUT2D eigenvalue weighted by Crippen LogP contribution is 2.29. The Morgan fingerprint density at radius 3 is 2.43 bits per heavy atom. The molecule has 1 unspecified atom stereocenters. The van der Waals surface area contributed by atoms with E-state index in [1.54, 1.807) is 0 Å². The fourth-order valence-corrected chi connectivity index (χ4v) is 3.25. The number of benzene rings is 2. The van der Waals surface area contributed by atoms with E-state index in [1.165, 1.54) is 28.7 Å². The van der Waals surface area contributed by atoms with Crippen LogP contribution in [0.5, 0.6) is 0 Å². The summed E-state index contributed by atoms with van der Waals surface area (Å²) < 4.78 is 5.49. The molecule has 122 valence electrons. The van der Waals surface area contributed by atoms with Gasteiger partial charge < -0.3 is 4.74 Å². The van der Waals surface area contributed by atoms with E-state index in [-0.39, 0.29) is 0 Å². The molecule has 0 bridgehead atoms. The lowest BCUT2D eigenvalue weighted by Crippen LogP contribution is -2.35. The molecule has 1 heterocycles. The van der Waals surface area contributed by atoms with Crippen LogP contribution in [0, 0.1) is 0 Å². The lowest BCUT2D eigenvalue weighted by molar-refractivity contribution is 0.0340. The van der Waals surface area contributed by atoms with E-state index in [2.05, 4.69) is 67.3 Å². The van der Waals surface area contributed by atoms with Gasteiger partial charge in [0.15, 0.2) is 0 Å². The van der Waals surface area contributed by atoms with Crippen molar-refractivity contribution in [1.82, 2.24) is 4.90 Å². The Labute approximate surface area is 140 Å². The number of hydrogen-bond acceptors (Lipinski definition) is 2. The Bertz CT molecular complexity index is 617. The third kappa shape index (κ3) is 4.01. The number of rotatable bonds is 5. The van der Waals surface area contributed by atoms with Crippen LogP contribution >= 0.6 is 0 Å². The summed E-state index contributed by atoms with van der Waals surface area (Å²) >= 11 is 0. The Hall–Kier alpha value is -1.64. The maximum atomic E-state index is 5.49. The van der Waals surface area contributed by atoms with Crippen molar-refractivity contribution in [3.8, 4) is 11.1 Å². The molecule has 1 saturated heterocycles. The van der Waals surface area contributed by atoms with E-state index in [0.29, 0.717) is 5.92 Å². The fourth-order valence-electron chi connectivity index (χ4n) is 3.25. The van der Waals surface area contributed by atoms with E-state index in [9.17, 15) is 0 Å². The Morgan fingerprint density at radius 2 is 1.74 bits per heavy atom. The minimum absolute atomic E-state index is 0.607. The number of nitrogens with zero attached hydrogens (tertiary/aromatic N) is 1. The molecule has 3 rings (SSSR count). The maximum Gasteiger partial charge on any atom is 0.0594 e. The summed E-state index contributed by atoms with van der Waals surface area (Å²) in [6.07, 6.45) is 1.18. The smallest absolute Gasteiger partial charge is 0.0594 e. The van der Waals surface area contributed by atoms with Crippen LogP contribution in [0.25, 0.3) is 11.1 Å². The number of hydrogen-bond donors (Lipinski definition) is 0. The molecular weight excluding hydrogens is 282 g/mol. The molecule has 2 heteroatoms. The standard InChI is InChI=1S/C21H27NO/c1-3-17(2)21-10-9-19(18-7-5-4-6-8-18)15-20(21)16-22-11-13-23-14-12-22/h4-10,15,17H,3,11-14,16H2,1-2H3. The molecule has 2 nitrogen and oxygen atoms in total. The molecule has 0 N–H and O–H groups in total. The second-order valence-electron chi connectivity index (χ2n) is 6.48. The molecule has 2 aromatic rings. The Balaban J connectivity index is 1.91. The minimum atomic E-state index is 0.607.